The zero-order valence-corrected chi connectivity index (χ0v) is 15.3. The second kappa shape index (κ2) is 7.11. The largest absolute Gasteiger partial charge is 0.325 e. The lowest BCUT2D eigenvalue weighted by Crippen LogP contribution is -2.46. The van der Waals surface area contributed by atoms with Crippen LogP contribution in [0.2, 0.25) is 0 Å². The summed E-state index contributed by atoms with van der Waals surface area (Å²) in [5.41, 5.74) is 0.798. The van der Waals surface area contributed by atoms with E-state index < -0.39 is 10.2 Å². The van der Waals surface area contributed by atoms with Gasteiger partial charge in [0.25, 0.3) is 10.2 Å². The average molecular weight is 361 g/mol. The van der Waals surface area contributed by atoms with Gasteiger partial charge in [-0.2, -0.15) is 17.0 Å². The van der Waals surface area contributed by atoms with Crippen LogP contribution in [0.3, 0.4) is 0 Å². The molecule has 1 saturated heterocycles. The van der Waals surface area contributed by atoms with Gasteiger partial charge in [0.2, 0.25) is 5.91 Å². The Kier molecular flexibility index (Phi) is 5.08. The standard InChI is InChI=1S/C18H23N3O3S/c1-20(2)25(23,24)21-12-10-15(11-13-21)18(22)19-17-9-5-7-14-6-3-4-8-16(14)17/h3-9,15H,10-13H2,1-2H3,(H,19,22). The molecule has 2 aromatic rings. The van der Waals surface area contributed by atoms with Gasteiger partial charge in [-0.1, -0.05) is 36.4 Å². The van der Waals surface area contributed by atoms with Gasteiger partial charge in [0, 0.05) is 44.2 Å². The zero-order valence-electron chi connectivity index (χ0n) is 14.5. The zero-order chi connectivity index (χ0) is 18.0. The maximum Gasteiger partial charge on any atom is 0.281 e. The number of amides is 1. The molecule has 6 nitrogen and oxygen atoms in total. The highest BCUT2D eigenvalue weighted by Crippen LogP contribution is 2.26. The highest BCUT2D eigenvalue weighted by atomic mass is 32.2. The SMILES string of the molecule is CN(C)S(=O)(=O)N1CCC(C(=O)Nc2cccc3ccccc23)CC1. The Balaban J connectivity index is 1.67. The number of nitrogens with zero attached hydrogens (tertiary/aromatic N) is 2. The molecule has 134 valence electrons. The minimum Gasteiger partial charge on any atom is -0.325 e. The fourth-order valence-corrected chi connectivity index (χ4v) is 4.28. The third-order valence-corrected chi connectivity index (χ3v) is 6.60. The number of piperidine rings is 1. The molecule has 0 radical (unpaired) electrons. The first-order chi connectivity index (χ1) is 11.9. The van der Waals surface area contributed by atoms with E-state index in [0.717, 1.165) is 16.5 Å². The summed E-state index contributed by atoms with van der Waals surface area (Å²) in [6.45, 7) is 0.738. The molecule has 3 rings (SSSR count). The third kappa shape index (κ3) is 3.68. The van der Waals surface area contributed by atoms with Gasteiger partial charge in [-0.15, -0.1) is 0 Å². The molecule has 1 heterocycles. The van der Waals surface area contributed by atoms with Gasteiger partial charge in [-0.05, 0) is 24.3 Å². The van der Waals surface area contributed by atoms with Crippen molar-refractivity contribution in [2.75, 3.05) is 32.5 Å². The van der Waals surface area contributed by atoms with Gasteiger partial charge in [0.1, 0.15) is 0 Å². The molecule has 0 spiro atoms. The maximum atomic E-state index is 12.6. The van der Waals surface area contributed by atoms with E-state index >= 15 is 0 Å². The molecule has 0 saturated carbocycles. The lowest BCUT2D eigenvalue weighted by atomic mass is 9.97. The molecule has 25 heavy (non-hydrogen) atoms. The smallest absolute Gasteiger partial charge is 0.281 e. The van der Waals surface area contributed by atoms with Gasteiger partial charge in [-0.25, -0.2) is 0 Å². The number of rotatable bonds is 4. The van der Waals surface area contributed by atoms with E-state index in [0.29, 0.717) is 25.9 Å². The molecule has 1 aliphatic rings. The molecule has 1 N–H and O–H groups in total. The van der Waals surface area contributed by atoms with E-state index in [2.05, 4.69) is 5.32 Å². The van der Waals surface area contributed by atoms with Crippen molar-refractivity contribution < 1.29 is 13.2 Å². The quantitative estimate of drug-likeness (QED) is 0.908. The second-order valence-electron chi connectivity index (χ2n) is 6.48. The normalized spacial score (nSPS) is 17.1. The Morgan fingerprint density at radius 3 is 2.40 bits per heavy atom. The van der Waals surface area contributed by atoms with Gasteiger partial charge < -0.3 is 5.32 Å². The van der Waals surface area contributed by atoms with Crippen LogP contribution < -0.4 is 5.32 Å². The van der Waals surface area contributed by atoms with Gasteiger partial charge in [0.05, 0.1) is 0 Å². The summed E-state index contributed by atoms with van der Waals surface area (Å²) in [4.78, 5) is 12.6. The van der Waals surface area contributed by atoms with E-state index in [4.69, 9.17) is 0 Å². The highest BCUT2D eigenvalue weighted by molar-refractivity contribution is 7.86. The molecular formula is C18H23N3O3S. The minimum atomic E-state index is -3.40. The second-order valence-corrected chi connectivity index (χ2v) is 8.62. The number of hydrogen-bond donors (Lipinski definition) is 1. The number of nitrogens with one attached hydrogen (secondary N) is 1. The molecule has 0 atom stereocenters. The predicted octanol–water partition coefficient (Wildman–Crippen LogP) is 2.30. The van der Waals surface area contributed by atoms with Crippen molar-refractivity contribution in [2.24, 2.45) is 5.92 Å². The molecule has 7 heteroatoms. The third-order valence-electron chi connectivity index (χ3n) is 4.66. The summed E-state index contributed by atoms with van der Waals surface area (Å²) in [5.74, 6) is -0.217. The van der Waals surface area contributed by atoms with E-state index in [1.165, 1.54) is 22.7 Å². The lowest BCUT2D eigenvalue weighted by Gasteiger charge is -2.32. The summed E-state index contributed by atoms with van der Waals surface area (Å²) in [6, 6.07) is 13.7. The van der Waals surface area contributed by atoms with Crippen molar-refractivity contribution in [2.45, 2.75) is 12.8 Å². The fourth-order valence-electron chi connectivity index (χ4n) is 3.15. The predicted molar refractivity (Wildman–Crippen MR) is 99.5 cm³/mol. The van der Waals surface area contributed by atoms with E-state index in [9.17, 15) is 13.2 Å². The molecule has 0 bridgehead atoms. The van der Waals surface area contributed by atoms with Crippen molar-refractivity contribution in [1.29, 1.82) is 0 Å². The summed E-state index contributed by atoms with van der Waals surface area (Å²) in [6.07, 6.45) is 1.06. The number of hydrogen-bond acceptors (Lipinski definition) is 3. The van der Waals surface area contributed by atoms with Crippen molar-refractivity contribution in [1.82, 2.24) is 8.61 Å². The van der Waals surface area contributed by atoms with Crippen LogP contribution in [0.15, 0.2) is 42.5 Å². The number of carbonyl (C=O) groups excluding carboxylic acids is 1. The van der Waals surface area contributed by atoms with Gasteiger partial charge in [-0.3, -0.25) is 4.79 Å². The van der Waals surface area contributed by atoms with E-state index in [-0.39, 0.29) is 11.8 Å². The van der Waals surface area contributed by atoms with Crippen LogP contribution in [0, 0.1) is 5.92 Å². The van der Waals surface area contributed by atoms with Crippen molar-refractivity contribution in [3.63, 3.8) is 0 Å². The van der Waals surface area contributed by atoms with Gasteiger partial charge in [0.15, 0.2) is 0 Å². The average Bonchev–Trinajstić information content (AvgIpc) is 2.62. The molecule has 1 amide bonds. The molecule has 0 aromatic heterocycles. The highest BCUT2D eigenvalue weighted by Gasteiger charge is 2.32. The first-order valence-electron chi connectivity index (χ1n) is 8.36. The Morgan fingerprint density at radius 2 is 1.72 bits per heavy atom. The lowest BCUT2D eigenvalue weighted by molar-refractivity contribution is -0.120. The first-order valence-corrected chi connectivity index (χ1v) is 9.75. The van der Waals surface area contributed by atoms with Crippen LogP contribution in [0.1, 0.15) is 12.8 Å². The van der Waals surface area contributed by atoms with Crippen molar-refractivity contribution in [3.05, 3.63) is 42.5 Å². The summed E-state index contributed by atoms with van der Waals surface area (Å²) < 4.78 is 27.0. The fraction of sp³-hybridized carbons (Fsp3) is 0.389. The van der Waals surface area contributed by atoms with Crippen LogP contribution in [0.25, 0.3) is 10.8 Å². The number of carbonyl (C=O) groups is 1. The molecule has 1 aliphatic heterocycles. The summed E-state index contributed by atoms with van der Waals surface area (Å²) in [5, 5.41) is 5.10. The topological polar surface area (TPSA) is 69.7 Å². The van der Waals surface area contributed by atoms with Crippen LogP contribution in [-0.2, 0) is 15.0 Å². The van der Waals surface area contributed by atoms with E-state index in [1.807, 2.05) is 42.5 Å². The van der Waals surface area contributed by atoms with Crippen LogP contribution in [0.4, 0.5) is 5.69 Å². The first kappa shape index (κ1) is 17.8. The van der Waals surface area contributed by atoms with Crippen molar-refractivity contribution in [3.8, 4) is 0 Å². The Morgan fingerprint density at radius 1 is 1.08 bits per heavy atom. The van der Waals surface area contributed by atoms with Crippen LogP contribution in [-0.4, -0.2) is 50.1 Å². The number of anilines is 1. The molecule has 0 unspecified atom stereocenters. The molecule has 0 aliphatic carbocycles. The van der Waals surface area contributed by atoms with Crippen LogP contribution in [0.5, 0.6) is 0 Å². The maximum absolute atomic E-state index is 12.6. The number of fused-ring (bicyclic) bond motifs is 1. The molecule has 2 aromatic carbocycles. The minimum absolute atomic E-state index is 0.0433. The Labute approximate surface area is 148 Å². The van der Waals surface area contributed by atoms with Crippen LogP contribution >= 0.6 is 0 Å². The Hall–Kier alpha value is -1.96. The van der Waals surface area contributed by atoms with E-state index in [1.54, 1.807) is 0 Å². The molecule has 1 fully saturated rings. The molecular weight excluding hydrogens is 338 g/mol. The Bertz CT molecular complexity index is 867. The summed E-state index contributed by atoms with van der Waals surface area (Å²) in [7, 11) is -0.357. The number of benzene rings is 2. The summed E-state index contributed by atoms with van der Waals surface area (Å²) >= 11 is 0. The van der Waals surface area contributed by atoms with Gasteiger partial charge >= 0.3 is 0 Å². The van der Waals surface area contributed by atoms with Crippen molar-refractivity contribution >= 4 is 32.6 Å². The monoisotopic (exact) mass is 361 g/mol.